The summed E-state index contributed by atoms with van der Waals surface area (Å²) in [7, 11) is 0. The van der Waals surface area contributed by atoms with Crippen LogP contribution in [0.4, 0.5) is 11.4 Å². The van der Waals surface area contributed by atoms with Gasteiger partial charge in [0, 0.05) is 17.8 Å². The van der Waals surface area contributed by atoms with Gasteiger partial charge in [0.15, 0.2) is 0 Å². The molecule has 1 aliphatic carbocycles. The Balaban J connectivity index is 1.96. The Morgan fingerprint density at radius 1 is 1.13 bits per heavy atom. The molecule has 0 atom stereocenters. The van der Waals surface area contributed by atoms with Crippen LogP contribution in [0.25, 0.3) is 0 Å². The lowest BCUT2D eigenvalue weighted by Crippen LogP contribution is -2.32. The SMILES string of the molecule is CC(C)CC(=O)Nc1ccc(NC(=O)C2(C#N)CCCC2)cc1. The number of carbonyl (C=O) groups is 2. The van der Waals surface area contributed by atoms with E-state index in [2.05, 4.69) is 16.7 Å². The Kier molecular flexibility index (Phi) is 5.38. The zero-order valence-electron chi connectivity index (χ0n) is 13.7. The van der Waals surface area contributed by atoms with Crippen LogP contribution in [0.5, 0.6) is 0 Å². The first-order chi connectivity index (χ1) is 10.9. The molecule has 1 aliphatic rings. The number of amides is 2. The number of benzene rings is 1. The van der Waals surface area contributed by atoms with Crippen LogP contribution in [-0.2, 0) is 9.59 Å². The molecule has 0 heterocycles. The predicted octanol–water partition coefficient (Wildman–Crippen LogP) is 3.69. The van der Waals surface area contributed by atoms with Crippen molar-refractivity contribution in [2.75, 3.05) is 10.6 Å². The molecule has 0 bridgehead atoms. The zero-order chi connectivity index (χ0) is 16.9. The molecule has 1 fully saturated rings. The molecule has 5 nitrogen and oxygen atoms in total. The second kappa shape index (κ2) is 7.28. The molecule has 23 heavy (non-hydrogen) atoms. The molecule has 0 spiro atoms. The Bertz CT molecular complexity index is 608. The van der Waals surface area contributed by atoms with Crippen LogP contribution in [0.1, 0.15) is 46.0 Å². The molecule has 5 heteroatoms. The average Bonchev–Trinajstić information content (AvgIpc) is 2.98. The van der Waals surface area contributed by atoms with Gasteiger partial charge in [-0.1, -0.05) is 26.7 Å². The van der Waals surface area contributed by atoms with E-state index in [0.29, 0.717) is 36.6 Å². The Labute approximate surface area is 137 Å². The minimum absolute atomic E-state index is 0.0221. The quantitative estimate of drug-likeness (QED) is 0.869. The lowest BCUT2D eigenvalue weighted by atomic mass is 9.87. The van der Waals surface area contributed by atoms with Crippen molar-refractivity contribution in [2.45, 2.75) is 46.0 Å². The molecule has 0 radical (unpaired) electrons. The fourth-order valence-corrected chi connectivity index (χ4v) is 2.84. The fourth-order valence-electron chi connectivity index (χ4n) is 2.84. The van der Waals surface area contributed by atoms with E-state index in [1.165, 1.54) is 0 Å². The van der Waals surface area contributed by atoms with Crippen molar-refractivity contribution in [1.82, 2.24) is 0 Å². The highest BCUT2D eigenvalue weighted by molar-refractivity contribution is 5.98. The Morgan fingerprint density at radius 2 is 1.65 bits per heavy atom. The van der Waals surface area contributed by atoms with Gasteiger partial charge in [0.05, 0.1) is 6.07 Å². The monoisotopic (exact) mass is 313 g/mol. The van der Waals surface area contributed by atoms with Crippen molar-refractivity contribution in [1.29, 1.82) is 5.26 Å². The maximum Gasteiger partial charge on any atom is 0.244 e. The summed E-state index contributed by atoms with van der Waals surface area (Å²) in [6.45, 7) is 3.98. The highest BCUT2D eigenvalue weighted by Gasteiger charge is 2.41. The fraction of sp³-hybridized carbons (Fsp3) is 0.500. The van der Waals surface area contributed by atoms with Gasteiger partial charge in [0.2, 0.25) is 11.8 Å². The average molecular weight is 313 g/mol. The van der Waals surface area contributed by atoms with E-state index < -0.39 is 5.41 Å². The number of hydrogen-bond donors (Lipinski definition) is 2. The molecule has 0 unspecified atom stereocenters. The van der Waals surface area contributed by atoms with Gasteiger partial charge in [-0.05, 0) is 43.0 Å². The molecule has 2 amide bonds. The molecular formula is C18H23N3O2. The van der Waals surface area contributed by atoms with Crippen molar-refractivity contribution in [3.05, 3.63) is 24.3 Å². The lowest BCUT2D eigenvalue weighted by Gasteiger charge is -2.19. The third-order valence-corrected chi connectivity index (χ3v) is 4.13. The van der Waals surface area contributed by atoms with Crippen LogP contribution in [0.3, 0.4) is 0 Å². The molecule has 122 valence electrons. The number of anilines is 2. The van der Waals surface area contributed by atoms with Gasteiger partial charge < -0.3 is 10.6 Å². The molecule has 1 aromatic carbocycles. The number of hydrogen-bond acceptors (Lipinski definition) is 3. The first-order valence-corrected chi connectivity index (χ1v) is 8.08. The summed E-state index contributed by atoms with van der Waals surface area (Å²) in [4.78, 5) is 24.1. The van der Waals surface area contributed by atoms with Gasteiger partial charge in [0.1, 0.15) is 5.41 Å². The van der Waals surface area contributed by atoms with Gasteiger partial charge in [-0.25, -0.2) is 0 Å². The highest BCUT2D eigenvalue weighted by atomic mass is 16.2. The summed E-state index contributed by atoms with van der Waals surface area (Å²) in [5, 5.41) is 15.0. The zero-order valence-corrected chi connectivity index (χ0v) is 13.7. The standard InChI is InChI=1S/C18H23N3O2/c1-13(2)11-16(22)20-14-5-7-15(8-6-14)21-17(23)18(12-19)9-3-4-10-18/h5-8,13H,3-4,9-11H2,1-2H3,(H,20,22)(H,21,23). The minimum Gasteiger partial charge on any atom is -0.326 e. The number of carbonyl (C=O) groups excluding carboxylic acids is 2. The van der Waals surface area contributed by atoms with Crippen molar-refractivity contribution in [2.24, 2.45) is 11.3 Å². The van der Waals surface area contributed by atoms with Gasteiger partial charge in [-0.15, -0.1) is 0 Å². The lowest BCUT2D eigenvalue weighted by molar-refractivity contribution is -0.122. The van der Waals surface area contributed by atoms with Crippen LogP contribution in [-0.4, -0.2) is 11.8 Å². The summed E-state index contributed by atoms with van der Waals surface area (Å²) < 4.78 is 0. The van der Waals surface area contributed by atoms with Crippen molar-refractivity contribution < 1.29 is 9.59 Å². The maximum absolute atomic E-state index is 12.3. The van der Waals surface area contributed by atoms with Crippen LogP contribution in [0.15, 0.2) is 24.3 Å². The van der Waals surface area contributed by atoms with E-state index in [1.54, 1.807) is 24.3 Å². The van der Waals surface area contributed by atoms with Crippen molar-refractivity contribution in [3.63, 3.8) is 0 Å². The first-order valence-electron chi connectivity index (χ1n) is 8.08. The molecule has 1 saturated carbocycles. The number of rotatable bonds is 5. The van der Waals surface area contributed by atoms with E-state index >= 15 is 0 Å². The normalized spacial score (nSPS) is 15.9. The number of nitrogens with zero attached hydrogens (tertiary/aromatic N) is 1. The van der Waals surface area contributed by atoms with Gasteiger partial charge in [-0.2, -0.15) is 5.26 Å². The van der Waals surface area contributed by atoms with E-state index in [1.807, 2.05) is 13.8 Å². The van der Waals surface area contributed by atoms with Gasteiger partial charge in [-0.3, -0.25) is 9.59 Å². The maximum atomic E-state index is 12.3. The first kappa shape index (κ1) is 17.0. The van der Waals surface area contributed by atoms with E-state index in [-0.39, 0.29) is 11.8 Å². The van der Waals surface area contributed by atoms with E-state index in [0.717, 1.165) is 12.8 Å². The van der Waals surface area contributed by atoms with Gasteiger partial charge in [0.25, 0.3) is 0 Å². The van der Waals surface area contributed by atoms with Crippen LogP contribution in [0, 0.1) is 22.7 Å². The summed E-state index contributed by atoms with van der Waals surface area (Å²) in [5.74, 6) is 0.0578. The van der Waals surface area contributed by atoms with Crippen LogP contribution >= 0.6 is 0 Å². The summed E-state index contributed by atoms with van der Waals surface area (Å²) >= 11 is 0. The number of nitriles is 1. The molecule has 2 rings (SSSR count). The third-order valence-electron chi connectivity index (χ3n) is 4.13. The van der Waals surface area contributed by atoms with Crippen LogP contribution < -0.4 is 10.6 Å². The minimum atomic E-state index is -0.885. The molecule has 0 saturated heterocycles. The van der Waals surface area contributed by atoms with E-state index in [9.17, 15) is 14.9 Å². The largest absolute Gasteiger partial charge is 0.326 e. The predicted molar refractivity (Wildman–Crippen MR) is 89.7 cm³/mol. The van der Waals surface area contributed by atoms with Crippen LogP contribution in [0.2, 0.25) is 0 Å². The Morgan fingerprint density at radius 3 is 2.13 bits per heavy atom. The molecule has 1 aromatic rings. The summed E-state index contributed by atoms with van der Waals surface area (Å²) in [5.41, 5.74) is 0.451. The molecule has 0 aliphatic heterocycles. The second-order valence-corrected chi connectivity index (χ2v) is 6.58. The molecular weight excluding hydrogens is 290 g/mol. The van der Waals surface area contributed by atoms with E-state index in [4.69, 9.17) is 0 Å². The molecule has 0 aromatic heterocycles. The summed E-state index contributed by atoms with van der Waals surface area (Å²) in [6, 6.07) is 9.17. The number of nitrogens with one attached hydrogen (secondary N) is 2. The second-order valence-electron chi connectivity index (χ2n) is 6.58. The third kappa shape index (κ3) is 4.32. The summed E-state index contributed by atoms with van der Waals surface area (Å²) in [6.07, 6.45) is 3.56. The van der Waals surface area contributed by atoms with Crippen molar-refractivity contribution in [3.8, 4) is 6.07 Å². The van der Waals surface area contributed by atoms with Crippen molar-refractivity contribution >= 4 is 23.2 Å². The topological polar surface area (TPSA) is 82.0 Å². The smallest absolute Gasteiger partial charge is 0.244 e. The molecule has 2 N–H and O–H groups in total. The van der Waals surface area contributed by atoms with Gasteiger partial charge >= 0.3 is 0 Å². The highest BCUT2D eigenvalue weighted by Crippen LogP contribution is 2.38. The Hall–Kier alpha value is -2.35.